The summed E-state index contributed by atoms with van der Waals surface area (Å²) in [4.78, 5) is 25.9. The summed E-state index contributed by atoms with van der Waals surface area (Å²) in [6, 6.07) is 4.97. The van der Waals surface area contributed by atoms with Crippen LogP contribution in [0.2, 0.25) is 0 Å². The Hall–Kier alpha value is -2.06. The first kappa shape index (κ1) is 21.6. The number of aryl methyl sites for hydroxylation is 1. The molecule has 0 aliphatic carbocycles. The van der Waals surface area contributed by atoms with Crippen LogP contribution in [0.1, 0.15) is 60.5 Å². The van der Waals surface area contributed by atoms with Crippen molar-refractivity contribution in [3.8, 4) is 0 Å². The van der Waals surface area contributed by atoms with Gasteiger partial charge in [0.05, 0.1) is 11.2 Å². The molecule has 2 aliphatic heterocycles. The van der Waals surface area contributed by atoms with Crippen molar-refractivity contribution in [2.75, 3.05) is 5.32 Å². The van der Waals surface area contributed by atoms with Crippen LogP contribution in [0.25, 0.3) is 0 Å². The number of hydrogen-bond donors (Lipinski definition) is 2. The predicted octanol–water partition coefficient (Wildman–Crippen LogP) is 3.02. The SMILES string of the molecule is CC(C)(C)N(C(=O)O)C1CCc2cc(B3OC(C)(C)C(C)(C)O3)ccc2NC1=O. The largest absolute Gasteiger partial charge is 0.494 e. The van der Waals surface area contributed by atoms with Gasteiger partial charge >= 0.3 is 13.2 Å². The van der Waals surface area contributed by atoms with Gasteiger partial charge in [-0.25, -0.2) is 4.79 Å². The minimum atomic E-state index is -1.10. The van der Waals surface area contributed by atoms with Crippen LogP contribution < -0.4 is 10.8 Å². The summed E-state index contributed by atoms with van der Waals surface area (Å²) in [6.45, 7) is 13.4. The molecule has 0 radical (unpaired) electrons. The second kappa shape index (κ2) is 7.02. The molecule has 2 N–H and O–H groups in total. The third-order valence-electron chi connectivity index (χ3n) is 6.14. The summed E-state index contributed by atoms with van der Waals surface area (Å²) < 4.78 is 12.3. The number of rotatable bonds is 2. The van der Waals surface area contributed by atoms with E-state index in [9.17, 15) is 14.7 Å². The van der Waals surface area contributed by atoms with Gasteiger partial charge < -0.3 is 19.7 Å². The highest BCUT2D eigenvalue weighted by atomic mass is 16.7. The molecule has 1 aromatic rings. The monoisotopic (exact) mass is 402 g/mol. The summed E-state index contributed by atoms with van der Waals surface area (Å²) in [5.74, 6) is -0.301. The Morgan fingerprint density at radius 3 is 2.31 bits per heavy atom. The molecule has 0 saturated carbocycles. The predicted molar refractivity (Wildman–Crippen MR) is 113 cm³/mol. The van der Waals surface area contributed by atoms with Crippen molar-refractivity contribution in [3.63, 3.8) is 0 Å². The highest BCUT2D eigenvalue weighted by Gasteiger charge is 2.51. The first-order valence-corrected chi connectivity index (χ1v) is 10.0. The van der Waals surface area contributed by atoms with E-state index in [4.69, 9.17) is 9.31 Å². The molecule has 1 aromatic carbocycles. The zero-order chi connectivity index (χ0) is 21.8. The van der Waals surface area contributed by atoms with Gasteiger partial charge in [0.1, 0.15) is 6.04 Å². The number of carbonyl (C=O) groups excluding carboxylic acids is 1. The molecule has 2 amide bonds. The van der Waals surface area contributed by atoms with Crippen LogP contribution >= 0.6 is 0 Å². The average Bonchev–Trinajstić information content (AvgIpc) is 2.68. The van der Waals surface area contributed by atoms with Crippen LogP contribution in [0.15, 0.2) is 18.2 Å². The molecule has 0 spiro atoms. The molecule has 1 fully saturated rings. The van der Waals surface area contributed by atoms with Gasteiger partial charge in [0.25, 0.3) is 0 Å². The van der Waals surface area contributed by atoms with Crippen molar-refractivity contribution < 1.29 is 24.0 Å². The summed E-state index contributed by atoms with van der Waals surface area (Å²) in [5, 5.41) is 12.6. The normalized spacial score (nSPS) is 23.2. The second-order valence-corrected chi connectivity index (χ2v) is 9.87. The minimum Gasteiger partial charge on any atom is -0.465 e. The maximum absolute atomic E-state index is 12.8. The molecular weight excluding hydrogens is 371 g/mol. The van der Waals surface area contributed by atoms with E-state index in [1.807, 2.05) is 45.9 Å². The standard InChI is InChI=1S/C21H31BN2O5/c1-19(2,3)24(18(26)27)16-11-8-13-12-14(9-10-15(13)23-17(16)25)22-28-20(4,5)21(6,7)29-22/h9-10,12,16H,8,11H2,1-7H3,(H,23,25)(H,26,27). The Bertz CT molecular complexity index is 815. The molecule has 1 unspecified atom stereocenters. The van der Waals surface area contributed by atoms with Crippen LogP contribution in [0.5, 0.6) is 0 Å². The fourth-order valence-electron chi connectivity index (χ4n) is 3.84. The molecule has 29 heavy (non-hydrogen) atoms. The van der Waals surface area contributed by atoms with Crippen LogP contribution in [0.3, 0.4) is 0 Å². The van der Waals surface area contributed by atoms with Gasteiger partial charge in [-0.2, -0.15) is 0 Å². The molecule has 0 bridgehead atoms. The number of hydrogen-bond acceptors (Lipinski definition) is 4. The lowest BCUT2D eigenvalue weighted by molar-refractivity contribution is -0.122. The summed E-state index contributed by atoms with van der Waals surface area (Å²) in [6.07, 6.45) is -0.109. The zero-order valence-corrected chi connectivity index (χ0v) is 18.3. The molecule has 1 saturated heterocycles. The van der Waals surface area contributed by atoms with Gasteiger partial charge in [0.2, 0.25) is 5.91 Å². The minimum absolute atomic E-state index is 0.301. The maximum Gasteiger partial charge on any atom is 0.494 e. The Morgan fingerprint density at radius 2 is 1.79 bits per heavy atom. The van der Waals surface area contributed by atoms with Crippen molar-refractivity contribution >= 4 is 30.3 Å². The van der Waals surface area contributed by atoms with Crippen molar-refractivity contribution in [1.82, 2.24) is 4.90 Å². The Kier molecular flexibility index (Phi) is 5.24. The van der Waals surface area contributed by atoms with Crippen molar-refractivity contribution in [1.29, 1.82) is 0 Å². The van der Waals surface area contributed by atoms with Crippen LogP contribution in [-0.2, 0) is 20.5 Å². The summed E-state index contributed by atoms with van der Waals surface area (Å²) >= 11 is 0. The molecule has 8 heteroatoms. The third-order valence-corrected chi connectivity index (χ3v) is 6.14. The maximum atomic E-state index is 12.8. The average molecular weight is 402 g/mol. The number of carboxylic acid groups (broad SMARTS) is 1. The fourth-order valence-corrected chi connectivity index (χ4v) is 3.84. The van der Waals surface area contributed by atoms with E-state index in [0.29, 0.717) is 18.5 Å². The molecule has 2 aliphatic rings. The first-order valence-electron chi connectivity index (χ1n) is 10.0. The van der Waals surface area contributed by atoms with E-state index >= 15 is 0 Å². The second-order valence-electron chi connectivity index (χ2n) is 9.87. The van der Waals surface area contributed by atoms with Gasteiger partial charge in [0, 0.05) is 11.2 Å². The highest BCUT2D eigenvalue weighted by Crippen LogP contribution is 2.37. The molecule has 2 heterocycles. The van der Waals surface area contributed by atoms with E-state index in [1.54, 1.807) is 20.8 Å². The Morgan fingerprint density at radius 1 is 1.21 bits per heavy atom. The Balaban J connectivity index is 1.86. The zero-order valence-electron chi connectivity index (χ0n) is 18.3. The number of benzene rings is 1. The lowest BCUT2D eigenvalue weighted by atomic mass is 9.78. The van der Waals surface area contributed by atoms with Crippen LogP contribution in [0, 0.1) is 0 Å². The first-order chi connectivity index (χ1) is 13.2. The number of fused-ring (bicyclic) bond motifs is 1. The summed E-state index contributed by atoms with van der Waals surface area (Å²) in [5.41, 5.74) is 1.00. The lowest BCUT2D eigenvalue weighted by Crippen LogP contribution is -2.55. The molecule has 1 atom stereocenters. The van der Waals surface area contributed by atoms with Gasteiger partial charge in [-0.15, -0.1) is 0 Å². The number of amides is 2. The van der Waals surface area contributed by atoms with Crippen molar-refractivity contribution in [3.05, 3.63) is 23.8 Å². The lowest BCUT2D eigenvalue weighted by Gasteiger charge is -2.38. The fraction of sp³-hybridized carbons (Fsp3) is 0.619. The van der Waals surface area contributed by atoms with Crippen molar-refractivity contribution in [2.45, 2.75) is 84.1 Å². The molecule has 3 rings (SSSR count). The van der Waals surface area contributed by atoms with Crippen molar-refractivity contribution in [2.24, 2.45) is 0 Å². The molecular formula is C21H31BN2O5. The van der Waals surface area contributed by atoms with E-state index < -0.39 is 36.0 Å². The van der Waals surface area contributed by atoms with Gasteiger partial charge in [-0.3, -0.25) is 9.69 Å². The molecule has 0 aromatic heterocycles. The highest BCUT2D eigenvalue weighted by molar-refractivity contribution is 6.62. The van der Waals surface area contributed by atoms with Gasteiger partial charge in [-0.1, -0.05) is 12.1 Å². The Labute approximate surface area is 172 Å². The van der Waals surface area contributed by atoms with E-state index in [0.717, 1.165) is 11.0 Å². The van der Waals surface area contributed by atoms with Gasteiger partial charge in [-0.05, 0) is 78.4 Å². The van der Waals surface area contributed by atoms with Gasteiger partial charge in [0.15, 0.2) is 0 Å². The number of nitrogens with one attached hydrogen (secondary N) is 1. The van der Waals surface area contributed by atoms with E-state index in [2.05, 4.69) is 5.32 Å². The quantitative estimate of drug-likeness (QED) is 0.743. The topological polar surface area (TPSA) is 88.1 Å². The third kappa shape index (κ3) is 4.01. The van der Waals surface area contributed by atoms with Crippen LogP contribution in [0.4, 0.5) is 10.5 Å². The van der Waals surface area contributed by atoms with Crippen LogP contribution in [-0.4, -0.2) is 51.9 Å². The summed E-state index contributed by atoms with van der Waals surface area (Å²) in [7, 11) is -0.481. The smallest absolute Gasteiger partial charge is 0.465 e. The number of nitrogens with zero attached hydrogens (tertiary/aromatic N) is 1. The van der Waals surface area contributed by atoms with E-state index in [1.165, 1.54) is 4.90 Å². The number of anilines is 1. The molecule has 7 nitrogen and oxygen atoms in total. The van der Waals surface area contributed by atoms with E-state index in [-0.39, 0.29) is 5.91 Å². The molecule has 158 valence electrons. The number of carbonyl (C=O) groups is 2.